The van der Waals surface area contributed by atoms with Crippen molar-refractivity contribution in [2.45, 2.75) is 64.1 Å². The predicted octanol–water partition coefficient (Wildman–Crippen LogP) is 3.19. The van der Waals surface area contributed by atoms with Crippen LogP contribution in [-0.2, 0) is 6.54 Å². The first kappa shape index (κ1) is 14.2. The van der Waals surface area contributed by atoms with Crippen molar-refractivity contribution >= 4 is 11.3 Å². The van der Waals surface area contributed by atoms with Crippen molar-refractivity contribution < 1.29 is 0 Å². The highest BCUT2D eigenvalue weighted by Crippen LogP contribution is 2.49. The quantitative estimate of drug-likeness (QED) is 0.926. The van der Waals surface area contributed by atoms with Crippen molar-refractivity contribution in [3.63, 3.8) is 0 Å². The molecule has 2 heterocycles. The molecule has 2 atom stereocenters. The van der Waals surface area contributed by atoms with E-state index in [0.717, 1.165) is 24.9 Å². The third-order valence-corrected chi connectivity index (χ3v) is 6.97. The Balaban J connectivity index is 1.57. The van der Waals surface area contributed by atoms with Gasteiger partial charge in [-0.1, -0.05) is 0 Å². The third kappa shape index (κ3) is 2.55. The van der Waals surface area contributed by atoms with Crippen LogP contribution in [0.4, 0.5) is 0 Å². The maximum absolute atomic E-state index is 4.71. The van der Waals surface area contributed by atoms with Gasteiger partial charge in [-0.25, -0.2) is 4.98 Å². The Morgan fingerprint density at radius 3 is 2.57 bits per heavy atom. The van der Waals surface area contributed by atoms with Gasteiger partial charge in [0.25, 0.3) is 0 Å². The van der Waals surface area contributed by atoms with Gasteiger partial charge in [0, 0.05) is 35.2 Å². The Hall–Kier alpha value is -0.450. The van der Waals surface area contributed by atoms with E-state index in [4.69, 9.17) is 4.98 Å². The van der Waals surface area contributed by atoms with E-state index in [1.807, 2.05) is 11.3 Å². The number of nitrogens with zero attached hydrogens (tertiary/aromatic N) is 2. The van der Waals surface area contributed by atoms with Crippen LogP contribution in [0.5, 0.6) is 0 Å². The smallest absolute Gasteiger partial charge is 0.107 e. The molecule has 4 rings (SSSR count). The second kappa shape index (κ2) is 4.77. The first-order valence-corrected chi connectivity index (χ1v) is 9.29. The molecule has 2 aliphatic carbocycles. The van der Waals surface area contributed by atoms with Gasteiger partial charge in [0.2, 0.25) is 0 Å². The highest BCUT2D eigenvalue weighted by atomic mass is 32.1. The van der Waals surface area contributed by atoms with Crippen LogP contribution in [0.1, 0.15) is 50.2 Å². The SMILES string of the molecule is Cc1csc(CN2CC(C)(C3CC3)NCC2(C)C2CC2)n1. The van der Waals surface area contributed by atoms with E-state index in [1.54, 1.807) is 0 Å². The minimum absolute atomic E-state index is 0.320. The van der Waals surface area contributed by atoms with Crippen molar-refractivity contribution in [1.82, 2.24) is 15.2 Å². The molecule has 4 heteroatoms. The number of thiazole rings is 1. The molecule has 1 N–H and O–H groups in total. The summed E-state index contributed by atoms with van der Waals surface area (Å²) in [4.78, 5) is 7.48. The fraction of sp³-hybridized carbons (Fsp3) is 0.824. The molecule has 0 aromatic carbocycles. The van der Waals surface area contributed by atoms with Gasteiger partial charge in [0.15, 0.2) is 0 Å². The topological polar surface area (TPSA) is 28.2 Å². The lowest BCUT2D eigenvalue weighted by atomic mass is 9.83. The molecule has 1 aliphatic heterocycles. The van der Waals surface area contributed by atoms with Crippen LogP contribution >= 0.6 is 11.3 Å². The van der Waals surface area contributed by atoms with Gasteiger partial charge in [-0.2, -0.15) is 0 Å². The van der Waals surface area contributed by atoms with E-state index in [-0.39, 0.29) is 0 Å². The molecule has 1 aromatic rings. The van der Waals surface area contributed by atoms with Crippen LogP contribution in [0.25, 0.3) is 0 Å². The van der Waals surface area contributed by atoms with Gasteiger partial charge in [-0.05, 0) is 58.3 Å². The van der Waals surface area contributed by atoms with Crippen LogP contribution in [0.2, 0.25) is 0 Å². The van der Waals surface area contributed by atoms with Crippen molar-refractivity contribution in [3.8, 4) is 0 Å². The maximum Gasteiger partial charge on any atom is 0.107 e. The lowest BCUT2D eigenvalue weighted by Gasteiger charge is -2.53. The van der Waals surface area contributed by atoms with E-state index >= 15 is 0 Å². The summed E-state index contributed by atoms with van der Waals surface area (Å²) in [6.07, 6.45) is 5.64. The van der Waals surface area contributed by atoms with Gasteiger partial charge in [-0.15, -0.1) is 11.3 Å². The van der Waals surface area contributed by atoms with Crippen LogP contribution in [-0.4, -0.2) is 34.1 Å². The van der Waals surface area contributed by atoms with Crippen molar-refractivity contribution in [2.24, 2.45) is 11.8 Å². The molecule has 3 fully saturated rings. The largest absolute Gasteiger partial charge is 0.308 e. The zero-order valence-electron chi connectivity index (χ0n) is 13.5. The van der Waals surface area contributed by atoms with E-state index in [9.17, 15) is 0 Å². The lowest BCUT2D eigenvalue weighted by molar-refractivity contribution is -0.00712. The molecule has 116 valence electrons. The number of piperazine rings is 1. The van der Waals surface area contributed by atoms with Crippen LogP contribution in [0.3, 0.4) is 0 Å². The molecule has 1 saturated heterocycles. The standard InChI is InChI=1S/C17H27N3S/c1-12-9-21-15(19-12)8-20-11-16(2,13-4-5-13)18-10-17(20,3)14-6-7-14/h9,13-14,18H,4-8,10-11H2,1-3H3. The molecule has 2 saturated carbocycles. The number of hydrogen-bond donors (Lipinski definition) is 1. The number of hydrogen-bond acceptors (Lipinski definition) is 4. The molecule has 1 aromatic heterocycles. The minimum Gasteiger partial charge on any atom is -0.308 e. The summed E-state index contributed by atoms with van der Waals surface area (Å²) in [5.74, 6) is 1.77. The van der Waals surface area contributed by atoms with Gasteiger partial charge < -0.3 is 5.32 Å². The summed E-state index contributed by atoms with van der Waals surface area (Å²) in [6.45, 7) is 10.4. The molecular formula is C17H27N3S. The average Bonchev–Trinajstić information content (AvgIpc) is 3.33. The zero-order chi connectivity index (χ0) is 14.7. The Morgan fingerprint density at radius 1 is 1.29 bits per heavy atom. The second-order valence-corrected chi connectivity index (χ2v) is 8.86. The number of rotatable bonds is 4. The minimum atomic E-state index is 0.320. The van der Waals surface area contributed by atoms with Crippen molar-refractivity contribution in [3.05, 3.63) is 16.1 Å². The molecular weight excluding hydrogens is 278 g/mol. The summed E-state index contributed by atoms with van der Waals surface area (Å²) in [5.41, 5.74) is 1.82. The average molecular weight is 305 g/mol. The lowest BCUT2D eigenvalue weighted by Crippen LogP contribution is -2.69. The molecule has 3 aliphatic rings. The zero-order valence-corrected chi connectivity index (χ0v) is 14.3. The monoisotopic (exact) mass is 305 g/mol. The van der Waals surface area contributed by atoms with Crippen molar-refractivity contribution in [1.29, 1.82) is 0 Å². The maximum atomic E-state index is 4.71. The summed E-state index contributed by atoms with van der Waals surface area (Å²) in [5, 5.41) is 7.41. The Morgan fingerprint density at radius 2 is 2.00 bits per heavy atom. The molecule has 0 bridgehead atoms. The van der Waals surface area contributed by atoms with Crippen LogP contribution in [0.15, 0.2) is 5.38 Å². The number of aromatic nitrogens is 1. The Labute approximate surface area is 132 Å². The van der Waals surface area contributed by atoms with Gasteiger partial charge in [0.1, 0.15) is 5.01 Å². The summed E-state index contributed by atoms with van der Waals surface area (Å²) < 4.78 is 0. The normalized spacial score (nSPS) is 37.9. The number of aryl methyl sites for hydroxylation is 1. The summed E-state index contributed by atoms with van der Waals surface area (Å²) >= 11 is 1.83. The molecule has 0 radical (unpaired) electrons. The molecule has 0 amide bonds. The van der Waals surface area contributed by atoms with Crippen LogP contribution < -0.4 is 5.32 Å². The van der Waals surface area contributed by atoms with E-state index in [0.29, 0.717) is 11.1 Å². The van der Waals surface area contributed by atoms with Gasteiger partial charge >= 0.3 is 0 Å². The fourth-order valence-electron chi connectivity index (χ4n) is 4.10. The summed E-state index contributed by atoms with van der Waals surface area (Å²) in [7, 11) is 0. The van der Waals surface area contributed by atoms with Crippen LogP contribution in [0, 0.1) is 18.8 Å². The highest BCUT2D eigenvalue weighted by molar-refractivity contribution is 7.09. The van der Waals surface area contributed by atoms with E-state index in [1.165, 1.54) is 42.9 Å². The molecule has 3 nitrogen and oxygen atoms in total. The summed E-state index contributed by atoms with van der Waals surface area (Å²) in [6, 6.07) is 0. The first-order valence-electron chi connectivity index (χ1n) is 8.41. The predicted molar refractivity (Wildman–Crippen MR) is 87.5 cm³/mol. The molecule has 21 heavy (non-hydrogen) atoms. The van der Waals surface area contributed by atoms with E-state index in [2.05, 4.69) is 36.4 Å². The molecule has 0 spiro atoms. The second-order valence-electron chi connectivity index (χ2n) is 7.92. The Bertz CT molecular complexity index is 534. The highest BCUT2D eigenvalue weighted by Gasteiger charge is 2.54. The van der Waals surface area contributed by atoms with E-state index < -0.39 is 0 Å². The molecule has 2 unspecified atom stereocenters. The van der Waals surface area contributed by atoms with Gasteiger partial charge in [0.05, 0.1) is 6.54 Å². The third-order valence-electron chi connectivity index (χ3n) is 6.02. The van der Waals surface area contributed by atoms with Gasteiger partial charge in [-0.3, -0.25) is 4.90 Å². The number of nitrogens with one attached hydrogen (secondary N) is 1. The first-order chi connectivity index (χ1) is 9.99. The van der Waals surface area contributed by atoms with Crippen molar-refractivity contribution in [2.75, 3.05) is 13.1 Å². The fourth-order valence-corrected chi connectivity index (χ4v) is 4.89. The Kier molecular flexibility index (Phi) is 3.22.